The Hall–Kier alpha value is -2.04. The Morgan fingerprint density at radius 3 is 2.67 bits per heavy atom. The number of ether oxygens (including phenoxy) is 1. The van der Waals surface area contributed by atoms with Crippen LogP contribution in [0.1, 0.15) is 48.7 Å². The van der Waals surface area contributed by atoms with Gasteiger partial charge >= 0.3 is 12.1 Å². The highest BCUT2D eigenvalue weighted by Gasteiger charge is 2.52. The van der Waals surface area contributed by atoms with Gasteiger partial charge in [0.1, 0.15) is 0 Å². The first-order valence-corrected chi connectivity index (χ1v) is 7.10. The summed E-state index contributed by atoms with van der Waals surface area (Å²) in [7, 11) is 0. The molecule has 1 atom stereocenters. The molecule has 2 heterocycles. The van der Waals surface area contributed by atoms with Crippen molar-refractivity contribution < 1.29 is 19.4 Å². The molecule has 5 nitrogen and oxygen atoms in total. The number of carboxylic acid groups (broad SMARTS) is 1. The van der Waals surface area contributed by atoms with Crippen molar-refractivity contribution in [3.05, 3.63) is 34.9 Å². The zero-order valence-electron chi connectivity index (χ0n) is 12.5. The van der Waals surface area contributed by atoms with Gasteiger partial charge in [0.2, 0.25) is 0 Å². The van der Waals surface area contributed by atoms with Crippen molar-refractivity contribution in [2.75, 3.05) is 13.1 Å². The Kier molecular flexibility index (Phi) is 2.80. The van der Waals surface area contributed by atoms with Crippen LogP contribution in [0.3, 0.4) is 0 Å². The first kappa shape index (κ1) is 13.9. The number of fused-ring (bicyclic) bond motifs is 2. The Labute approximate surface area is 123 Å². The van der Waals surface area contributed by atoms with E-state index in [1.165, 1.54) is 4.90 Å². The van der Waals surface area contributed by atoms with E-state index in [1.54, 1.807) is 0 Å². The molecule has 0 saturated carbocycles. The molecule has 1 fully saturated rings. The van der Waals surface area contributed by atoms with E-state index in [4.69, 9.17) is 9.84 Å². The topological polar surface area (TPSA) is 66.8 Å². The lowest BCUT2D eigenvalue weighted by atomic mass is 9.80. The van der Waals surface area contributed by atoms with Crippen LogP contribution in [0, 0.1) is 0 Å². The van der Waals surface area contributed by atoms with Gasteiger partial charge in [-0.2, -0.15) is 0 Å². The van der Waals surface area contributed by atoms with Crippen molar-refractivity contribution in [2.45, 2.75) is 38.2 Å². The van der Waals surface area contributed by atoms with Gasteiger partial charge in [0.25, 0.3) is 0 Å². The van der Waals surface area contributed by atoms with Crippen LogP contribution in [0.25, 0.3) is 0 Å². The molecule has 5 heteroatoms. The molecule has 1 unspecified atom stereocenters. The molecular formula is C16H19NO4. The molecule has 1 amide bonds. The minimum atomic E-state index is -0.969. The predicted molar refractivity (Wildman–Crippen MR) is 76.5 cm³/mol. The smallest absolute Gasteiger partial charge is 0.407 e. The maximum Gasteiger partial charge on any atom is 0.407 e. The third kappa shape index (κ3) is 1.99. The van der Waals surface area contributed by atoms with Crippen molar-refractivity contribution in [1.82, 2.24) is 4.90 Å². The molecule has 0 aromatic heterocycles. The lowest BCUT2D eigenvalue weighted by Crippen LogP contribution is -2.33. The molecule has 0 radical (unpaired) electrons. The number of nitrogens with zero attached hydrogens (tertiary/aromatic N) is 1. The molecular weight excluding hydrogens is 270 g/mol. The van der Waals surface area contributed by atoms with Crippen molar-refractivity contribution in [2.24, 2.45) is 0 Å². The van der Waals surface area contributed by atoms with Gasteiger partial charge in [-0.25, -0.2) is 9.59 Å². The fraction of sp³-hybridized carbons (Fsp3) is 0.500. The van der Waals surface area contributed by atoms with Gasteiger partial charge in [0, 0.05) is 18.5 Å². The van der Waals surface area contributed by atoms with Crippen LogP contribution in [0.5, 0.6) is 0 Å². The standard InChI is InChI=1S/C16H19NO4/c1-15(2,3)10-5-4-6-11-12(10)13(18)21-16(11)7-8-17(9-16)14(19)20/h4-6H,7-9H2,1-3H3,(H,19,20). The summed E-state index contributed by atoms with van der Waals surface area (Å²) < 4.78 is 5.65. The second kappa shape index (κ2) is 4.23. The summed E-state index contributed by atoms with van der Waals surface area (Å²) >= 11 is 0. The van der Waals surface area contributed by atoms with E-state index in [0.717, 1.165) is 11.1 Å². The fourth-order valence-electron chi connectivity index (χ4n) is 3.31. The van der Waals surface area contributed by atoms with Gasteiger partial charge in [-0.05, 0) is 11.0 Å². The second-order valence-electron chi connectivity index (χ2n) is 6.82. The lowest BCUT2D eigenvalue weighted by Gasteiger charge is -2.24. The number of rotatable bonds is 0. The molecule has 0 bridgehead atoms. The number of hydrogen-bond acceptors (Lipinski definition) is 3. The molecule has 3 rings (SSSR count). The summed E-state index contributed by atoms with van der Waals surface area (Å²) in [6.45, 7) is 6.77. The van der Waals surface area contributed by atoms with E-state index >= 15 is 0 Å². The molecule has 1 N–H and O–H groups in total. The number of carbonyl (C=O) groups excluding carboxylic acids is 1. The third-order valence-corrected chi connectivity index (χ3v) is 4.36. The van der Waals surface area contributed by atoms with E-state index in [9.17, 15) is 9.59 Å². The average Bonchev–Trinajstić information content (AvgIpc) is 2.93. The quantitative estimate of drug-likeness (QED) is 0.746. The van der Waals surface area contributed by atoms with Crippen LogP contribution >= 0.6 is 0 Å². The van der Waals surface area contributed by atoms with E-state index in [1.807, 2.05) is 18.2 Å². The van der Waals surface area contributed by atoms with Gasteiger partial charge < -0.3 is 14.7 Å². The summed E-state index contributed by atoms with van der Waals surface area (Å²) in [5, 5.41) is 9.14. The normalized spacial score (nSPS) is 24.3. The van der Waals surface area contributed by atoms with Crippen LogP contribution in [0.2, 0.25) is 0 Å². The summed E-state index contributed by atoms with van der Waals surface area (Å²) in [6, 6.07) is 5.76. The van der Waals surface area contributed by atoms with Crippen LogP contribution in [-0.4, -0.2) is 35.2 Å². The fourth-order valence-corrected chi connectivity index (χ4v) is 3.31. The van der Waals surface area contributed by atoms with Crippen LogP contribution in [0.15, 0.2) is 18.2 Å². The Balaban J connectivity index is 2.10. The molecule has 21 heavy (non-hydrogen) atoms. The number of likely N-dealkylation sites (tertiary alicyclic amines) is 1. The molecule has 0 aliphatic carbocycles. The highest BCUT2D eigenvalue weighted by molar-refractivity contribution is 5.97. The van der Waals surface area contributed by atoms with Gasteiger partial charge in [0.05, 0.1) is 12.1 Å². The number of carbonyl (C=O) groups is 2. The molecule has 1 spiro atoms. The van der Waals surface area contributed by atoms with E-state index in [2.05, 4.69) is 20.8 Å². The van der Waals surface area contributed by atoms with E-state index in [0.29, 0.717) is 18.5 Å². The number of amides is 1. The number of esters is 1. The first-order valence-electron chi connectivity index (χ1n) is 7.10. The van der Waals surface area contributed by atoms with Gasteiger partial charge in [-0.15, -0.1) is 0 Å². The average molecular weight is 289 g/mol. The third-order valence-electron chi connectivity index (χ3n) is 4.36. The summed E-state index contributed by atoms with van der Waals surface area (Å²) in [4.78, 5) is 24.8. The minimum absolute atomic E-state index is 0.166. The molecule has 2 aliphatic heterocycles. The number of hydrogen-bond donors (Lipinski definition) is 1. The van der Waals surface area contributed by atoms with Crippen LogP contribution < -0.4 is 0 Å². The zero-order chi connectivity index (χ0) is 15.4. The Morgan fingerprint density at radius 1 is 1.38 bits per heavy atom. The summed E-state index contributed by atoms with van der Waals surface area (Å²) in [5.41, 5.74) is 1.45. The largest absolute Gasteiger partial charge is 0.465 e. The monoisotopic (exact) mass is 289 g/mol. The van der Waals surface area contributed by atoms with E-state index < -0.39 is 11.7 Å². The lowest BCUT2D eigenvalue weighted by molar-refractivity contribution is -0.00294. The maximum atomic E-state index is 12.4. The highest BCUT2D eigenvalue weighted by atomic mass is 16.6. The number of benzene rings is 1. The Bertz CT molecular complexity index is 632. The first-order chi connectivity index (χ1) is 9.74. The molecule has 1 aromatic carbocycles. The maximum absolute atomic E-state index is 12.4. The minimum Gasteiger partial charge on any atom is -0.465 e. The van der Waals surface area contributed by atoms with Gasteiger partial charge in [0.15, 0.2) is 5.60 Å². The summed E-state index contributed by atoms with van der Waals surface area (Å²) in [6.07, 6.45) is -0.450. The predicted octanol–water partition coefficient (Wildman–Crippen LogP) is 2.73. The molecule has 1 saturated heterocycles. The zero-order valence-corrected chi connectivity index (χ0v) is 12.5. The Morgan fingerprint density at radius 2 is 2.10 bits per heavy atom. The molecule has 1 aromatic rings. The van der Waals surface area contributed by atoms with Crippen molar-refractivity contribution in [3.8, 4) is 0 Å². The SMILES string of the molecule is CC(C)(C)c1cccc2c1C(=O)OC21CCN(C(=O)O)C1. The highest BCUT2D eigenvalue weighted by Crippen LogP contribution is 2.46. The molecule has 2 aliphatic rings. The van der Waals surface area contributed by atoms with E-state index in [-0.39, 0.29) is 17.9 Å². The summed E-state index contributed by atoms with van der Waals surface area (Å²) in [5.74, 6) is -0.331. The van der Waals surface area contributed by atoms with Gasteiger partial charge in [-0.1, -0.05) is 39.0 Å². The molecule has 112 valence electrons. The van der Waals surface area contributed by atoms with Crippen molar-refractivity contribution >= 4 is 12.1 Å². The van der Waals surface area contributed by atoms with Crippen molar-refractivity contribution in [1.29, 1.82) is 0 Å². The van der Waals surface area contributed by atoms with Crippen LogP contribution in [0.4, 0.5) is 4.79 Å². The van der Waals surface area contributed by atoms with Crippen molar-refractivity contribution in [3.63, 3.8) is 0 Å². The van der Waals surface area contributed by atoms with Crippen LogP contribution in [-0.2, 0) is 15.8 Å². The second-order valence-corrected chi connectivity index (χ2v) is 6.82. The van der Waals surface area contributed by atoms with Gasteiger partial charge in [-0.3, -0.25) is 0 Å².